The monoisotopic (exact) mass is 295 g/mol. The number of piperidine rings is 1. The van der Waals surface area contributed by atoms with Crippen LogP contribution in [0.3, 0.4) is 0 Å². The van der Waals surface area contributed by atoms with Crippen molar-refractivity contribution in [3.63, 3.8) is 0 Å². The highest BCUT2D eigenvalue weighted by Gasteiger charge is 2.23. The van der Waals surface area contributed by atoms with E-state index in [4.69, 9.17) is 0 Å². The molecule has 0 aromatic rings. The van der Waals surface area contributed by atoms with Crippen molar-refractivity contribution in [3.05, 3.63) is 0 Å². The van der Waals surface area contributed by atoms with Crippen LogP contribution in [0.4, 0.5) is 0 Å². The summed E-state index contributed by atoms with van der Waals surface area (Å²) in [6.07, 6.45) is 5.14. The van der Waals surface area contributed by atoms with Crippen molar-refractivity contribution in [3.8, 4) is 0 Å². The highest BCUT2D eigenvalue weighted by Crippen LogP contribution is 2.14. The van der Waals surface area contributed by atoms with Crippen molar-refractivity contribution in [2.45, 2.75) is 64.5 Å². The summed E-state index contributed by atoms with van der Waals surface area (Å²) in [4.78, 5) is 27.6. The quantitative estimate of drug-likeness (QED) is 0.805. The topological polar surface area (TPSA) is 52.7 Å². The fourth-order valence-electron chi connectivity index (χ4n) is 3.29. The SMILES string of the molecule is CC(C)NC1CCN(C(=O)CCCN2CCCC2=O)CC1. The number of carbonyl (C=O) groups excluding carboxylic acids is 2. The number of carbonyl (C=O) groups is 2. The summed E-state index contributed by atoms with van der Waals surface area (Å²) in [6, 6.07) is 1.06. The zero-order valence-electron chi connectivity index (χ0n) is 13.4. The molecule has 2 heterocycles. The molecule has 5 nitrogen and oxygen atoms in total. The standard InChI is InChI=1S/C16H29N3O2/c1-13(2)17-14-7-11-19(12-8-14)16(21)6-4-10-18-9-3-5-15(18)20/h13-14,17H,3-12H2,1-2H3. The van der Waals surface area contributed by atoms with Crippen molar-refractivity contribution in [2.75, 3.05) is 26.2 Å². The number of nitrogens with one attached hydrogen (secondary N) is 1. The van der Waals surface area contributed by atoms with Gasteiger partial charge in [-0.05, 0) is 25.7 Å². The average molecular weight is 295 g/mol. The fourth-order valence-corrected chi connectivity index (χ4v) is 3.29. The molecule has 5 heteroatoms. The average Bonchev–Trinajstić information content (AvgIpc) is 2.84. The molecule has 0 radical (unpaired) electrons. The van der Waals surface area contributed by atoms with E-state index in [1.807, 2.05) is 9.80 Å². The third kappa shape index (κ3) is 4.99. The van der Waals surface area contributed by atoms with Crippen molar-refractivity contribution < 1.29 is 9.59 Å². The van der Waals surface area contributed by atoms with Gasteiger partial charge in [0.05, 0.1) is 0 Å². The summed E-state index contributed by atoms with van der Waals surface area (Å²) in [6.45, 7) is 7.68. The van der Waals surface area contributed by atoms with E-state index < -0.39 is 0 Å². The number of hydrogen-bond acceptors (Lipinski definition) is 3. The van der Waals surface area contributed by atoms with Crippen LogP contribution in [-0.2, 0) is 9.59 Å². The lowest BCUT2D eigenvalue weighted by Crippen LogP contribution is -2.46. The van der Waals surface area contributed by atoms with Gasteiger partial charge in [0, 0.05) is 51.1 Å². The third-order valence-corrected chi connectivity index (χ3v) is 4.41. The summed E-state index contributed by atoms with van der Waals surface area (Å²) < 4.78 is 0. The molecule has 0 bridgehead atoms. The molecule has 2 aliphatic rings. The van der Waals surface area contributed by atoms with Gasteiger partial charge in [-0.25, -0.2) is 0 Å². The zero-order valence-corrected chi connectivity index (χ0v) is 13.4. The Morgan fingerprint density at radius 1 is 1.29 bits per heavy atom. The normalized spacial score (nSPS) is 20.6. The van der Waals surface area contributed by atoms with E-state index in [-0.39, 0.29) is 11.8 Å². The van der Waals surface area contributed by atoms with Gasteiger partial charge in [-0.3, -0.25) is 9.59 Å². The Morgan fingerprint density at radius 2 is 2.00 bits per heavy atom. The molecule has 0 saturated carbocycles. The maximum Gasteiger partial charge on any atom is 0.222 e. The molecule has 0 aliphatic carbocycles. The molecule has 2 saturated heterocycles. The van der Waals surface area contributed by atoms with Gasteiger partial charge < -0.3 is 15.1 Å². The number of likely N-dealkylation sites (tertiary alicyclic amines) is 2. The Labute approximate surface area is 128 Å². The van der Waals surface area contributed by atoms with Gasteiger partial charge in [-0.1, -0.05) is 13.8 Å². The second kappa shape index (κ2) is 7.78. The molecule has 0 aromatic heterocycles. The lowest BCUT2D eigenvalue weighted by Gasteiger charge is -2.33. The van der Waals surface area contributed by atoms with Gasteiger partial charge in [0.2, 0.25) is 11.8 Å². The molecule has 0 aromatic carbocycles. The second-order valence-corrected chi connectivity index (χ2v) is 6.56. The second-order valence-electron chi connectivity index (χ2n) is 6.56. The Hall–Kier alpha value is -1.10. The zero-order chi connectivity index (χ0) is 15.2. The number of rotatable bonds is 6. The number of amides is 2. The molecule has 0 spiro atoms. The first-order valence-corrected chi connectivity index (χ1v) is 8.38. The van der Waals surface area contributed by atoms with E-state index in [0.29, 0.717) is 24.9 Å². The van der Waals surface area contributed by atoms with E-state index >= 15 is 0 Å². The minimum atomic E-state index is 0.253. The van der Waals surface area contributed by atoms with E-state index in [9.17, 15) is 9.59 Å². The highest BCUT2D eigenvalue weighted by atomic mass is 16.2. The number of nitrogens with zero attached hydrogens (tertiary/aromatic N) is 2. The van der Waals surface area contributed by atoms with Crippen LogP contribution in [0.2, 0.25) is 0 Å². The van der Waals surface area contributed by atoms with Crippen LogP contribution in [0, 0.1) is 0 Å². The van der Waals surface area contributed by atoms with E-state index in [0.717, 1.165) is 51.9 Å². The van der Waals surface area contributed by atoms with Crippen molar-refractivity contribution in [1.29, 1.82) is 0 Å². The molecule has 0 unspecified atom stereocenters. The maximum absolute atomic E-state index is 12.2. The first-order chi connectivity index (χ1) is 10.1. The predicted octanol–water partition coefficient (Wildman–Crippen LogP) is 1.38. The van der Waals surface area contributed by atoms with Crippen molar-refractivity contribution >= 4 is 11.8 Å². The van der Waals surface area contributed by atoms with E-state index in [1.54, 1.807) is 0 Å². The molecule has 120 valence electrons. The molecule has 2 aliphatic heterocycles. The lowest BCUT2D eigenvalue weighted by atomic mass is 10.0. The van der Waals surface area contributed by atoms with E-state index in [1.165, 1.54) is 0 Å². The highest BCUT2D eigenvalue weighted by molar-refractivity contribution is 5.78. The summed E-state index contributed by atoms with van der Waals surface area (Å²) in [7, 11) is 0. The maximum atomic E-state index is 12.2. The summed E-state index contributed by atoms with van der Waals surface area (Å²) in [5.41, 5.74) is 0. The van der Waals surface area contributed by atoms with Crippen LogP contribution >= 0.6 is 0 Å². The van der Waals surface area contributed by atoms with Gasteiger partial charge >= 0.3 is 0 Å². The molecular weight excluding hydrogens is 266 g/mol. The Kier molecular flexibility index (Phi) is 6.03. The molecule has 0 atom stereocenters. The lowest BCUT2D eigenvalue weighted by molar-refractivity contribution is -0.133. The first kappa shape index (κ1) is 16.3. The minimum absolute atomic E-state index is 0.253. The molecule has 21 heavy (non-hydrogen) atoms. The van der Waals surface area contributed by atoms with Crippen LogP contribution in [0.15, 0.2) is 0 Å². The van der Waals surface area contributed by atoms with Crippen LogP contribution in [-0.4, -0.2) is 59.9 Å². The first-order valence-electron chi connectivity index (χ1n) is 8.38. The third-order valence-electron chi connectivity index (χ3n) is 4.41. The van der Waals surface area contributed by atoms with Crippen molar-refractivity contribution in [1.82, 2.24) is 15.1 Å². The Morgan fingerprint density at radius 3 is 2.57 bits per heavy atom. The predicted molar refractivity (Wildman–Crippen MR) is 82.9 cm³/mol. The van der Waals surface area contributed by atoms with Gasteiger partial charge in [0.25, 0.3) is 0 Å². The Bertz CT molecular complexity index is 363. The molecule has 1 N–H and O–H groups in total. The van der Waals surface area contributed by atoms with Crippen LogP contribution in [0.5, 0.6) is 0 Å². The Balaban J connectivity index is 1.62. The largest absolute Gasteiger partial charge is 0.343 e. The van der Waals surface area contributed by atoms with E-state index in [2.05, 4.69) is 19.2 Å². The fraction of sp³-hybridized carbons (Fsp3) is 0.875. The number of hydrogen-bond donors (Lipinski definition) is 1. The summed E-state index contributed by atoms with van der Waals surface area (Å²) in [5, 5.41) is 3.54. The van der Waals surface area contributed by atoms with Gasteiger partial charge in [-0.2, -0.15) is 0 Å². The summed E-state index contributed by atoms with van der Waals surface area (Å²) in [5.74, 6) is 0.507. The molecular formula is C16H29N3O2. The minimum Gasteiger partial charge on any atom is -0.343 e. The van der Waals surface area contributed by atoms with Crippen LogP contribution in [0.25, 0.3) is 0 Å². The van der Waals surface area contributed by atoms with Crippen LogP contribution in [0.1, 0.15) is 52.4 Å². The smallest absolute Gasteiger partial charge is 0.222 e. The van der Waals surface area contributed by atoms with Crippen molar-refractivity contribution in [2.24, 2.45) is 0 Å². The molecule has 2 fully saturated rings. The summed E-state index contributed by atoms with van der Waals surface area (Å²) >= 11 is 0. The molecule has 2 amide bonds. The van der Waals surface area contributed by atoms with Gasteiger partial charge in [-0.15, -0.1) is 0 Å². The van der Waals surface area contributed by atoms with Crippen LogP contribution < -0.4 is 5.32 Å². The molecule has 2 rings (SSSR count). The van der Waals surface area contributed by atoms with Gasteiger partial charge in [0.15, 0.2) is 0 Å². The van der Waals surface area contributed by atoms with Gasteiger partial charge in [0.1, 0.15) is 0 Å².